The number of hydrogen-bond acceptors (Lipinski definition) is 7. The van der Waals surface area contributed by atoms with Gasteiger partial charge in [0.05, 0.1) is 31.7 Å². The van der Waals surface area contributed by atoms with Gasteiger partial charge in [-0.25, -0.2) is 23.2 Å². The molecule has 5 rings (SSSR count). The molecule has 2 heterocycles. The number of ether oxygens (including phenoxy) is 3. The van der Waals surface area contributed by atoms with E-state index in [-0.39, 0.29) is 30.7 Å². The van der Waals surface area contributed by atoms with E-state index < -0.39 is 23.5 Å². The van der Waals surface area contributed by atoms with Crippen LogP contribution < -0.4 is 14.8 Å². The van der Waals surface area contributed by atoms with Crippen LogP contribution >= 0.6 is 0 Å². The van der Waals surface area contributed by atoms with Crippen LogP contribution in [-0.4, -0.2) is 40.9 Å². The van der Waals surface area contributed by atoms with Gasteiger partial charge in [0.25, 0.3) is 0 Å². The molecule has 1 amide bonds. The van der Waals surface area contributed by atoms with E-state index in [9.17, 15) is 18.4 Å². The molecular formula is C33H32F2N4O5. The van der Waals surface area contributed by atoms with Crippen molar-refractivity contribution in [3.63, 3.8) is 0 Å². The summed E-state index contributed by atoms with van der Waals surface area (Å²) in [4.78, 5) is 29.7. The van der Waals surface area contributed by atoms with E-state index in [1.165, 1.54) is 19.2 Å². The van der Waals surface area contributed by atoms with Crippen LogP contribution in [0.25, 0.3) is 5.82 Å². The Morgan fingerprint density at radius 2 is 1.82 bits per heavy atom. The van der Waals surface area contributed by atoms with Crippen LogP contribution in [0.15, 0.2) is 84.3 Å². The SMILES string of the molecule is COC(=O)C1=C(NC(=O)CCc2ccn(-c3ccc(OCc4ccc(OC)cc4)cn3)n2)CC(c2cccc(F)c2F)CC1. The third-order valence-corrected chi connectivity index (χ3v) is 7.47. The van der Waals surface area contributed by atoms with Crippen LogP contribution in [0.2, 0.25) is 0 Å². The minimum absolute atomic E-state index is 0.0968. The second-order valence-corrected chi connectivity index (χ2v) is 10.3. The molecule has 9 nitrogen and oxygen atoms in total. The first-order chi connectivity index (χ1) is 21.3. The molecule has 11 heteroatoms. The predicted molar refractivity (Wildman–Crippen MR) is 157 cm³/mol. The van der Waals surface area contributed by atoms with E-state index in [1.807, 2.05) is 24.3 Å². The number of aromatic nitrogens is 3. The summed E-state index contributed by atoms with van der Waals surface area (Å²) < 4.78 is 45.8. The molecule has 0 fully saturated rings. The summed E-state index contributed by atoms with van der Waals surface area (Å²) in [6, 6.07) is 17.0. The van der Waals surface area contributed by atoms with Gasteiger partial charge in [-0.15, -0.1) is 0 Å². The molecule has 0 saturated carbocycles. The van der Waals surface area contributed by atoms with Crippen LogP contribution in [0.5, 0.6) is 11.5 Å². The zero-order chi connectivity index (χ0) is 31.1. The first-order valence-corrected chi connectivity index (χ1v) is 14.2. The maximum Gasteiger partial charge on any atom is 0.335 e. The normalized spacial score (nSPS) is 14.7. The van der Waals surface area contributed by atoms with Crippen molar-refractivity contribution >= 4 is 11.9 Å². The van der Waals surface area contributed by atoms with Gasteiger partial charge >= 0.3 is 5.97 Å². The van der Waals surface area contributed by atoms with E-state index in [2.05, 4.69) is 15.4 Å². The number of carbonyl (C=O) groups excluding carboxylic acids is 2. The fraction of sp³-hybridized carbons (Fsp3) is 0.273. The van der Waals surface area contributed by atoms with Crippen LogP contribution in [0.4, 0.5) is 8.78 Å². The van der Waals surface area contributed by atoms with Crippen molar-refractivity contribution in [1.82, 2.24) is 20.1 Å². The molecule has 1 N–H and O–H groups in total. The number of benzene rings is 2. The number of amides is 1. The summed E-state index contributed by atoms with van der Waals surface area (Å²) in [5.41, 5.74) is 2.59. The molecule has 0 aliphatic heterocycles. The number of aryl methyl sites for hydroxylation is 1. The predicted octanol–water partition coefficient (Wildman–Crippen LogP) is 5.58. The number of pyridine rings is 1. The molecule has 1 aliphatic rings. The Balaban J connectivity index is 1.17. The lowest BCUT2D eigenvalue weighted by Gasteiger charge is -2.27. The van der Waals surface area contributed by atoms with Gasteiger partial charge in [-0.05, 0) is 72.7 Å². The fourth-order valence-corrected chi connectivity index (χ4v) is 5.09. The highest BCUT2D eigenvalue weighted by molar-refractivity contribution is 5.91. The van der Waals surface area contributed by atoms with Crippen molar-refractivity contribution in [2.45, 2.75) is 44.6 Å². The van der Waals surface area contributed by atoms with E-state index in [4.69, 9.17) is 14.2 Å². The molecular weight excluding hydrogens is 570 g/mol. The topological polar surface area (TPSA) is 105 Å². The molecule has 0 bridgehead atoms. The lowest BCUT2D eigenvalue weighted by Crippen LogP contribution is -2.30. The summed E-state index contributed by atoms with van der Waals surface area (Å²) in [6.45, 7) is 0.388. The first-order valence-electron chi connectivity index (χ1n) is 14.2. The Morgan fingerprint density at radius 3 is 2.55 bits per heavy atom. The highest BCUT2D eigenvalue weighted by Crippen LogP contribution is 2.37. The van der Waals surface area contributed by atoms with Crippen LogP contribution in [0.1, 0.15) is 48.4 Å². The smallest absolute Gasteiger partial charge is 0.335 e. The van der Waals surface area contributed by atoms with Gasteiger partial charge in [0.2, 0.25) is 5.91 Å². The standard InChI is InChI=1S/C33H32F2N4O5/c1-42-24-10-6-21(7-11-24)20-44-25-12-14-30(36-19-25)39-17-16-23(38-39)9-15-31(40)37-29-18-22(8-13-27(29)33(41)43-2)26-4-3-5-28(34)32(26)35/h3-7,10-12,14,16-17,19,22H,8-9,13,15,18,20H2,1-2H3,(H,37,40). The summed E-state index contributed by atoms with van der Waals surface area (Å²) in [6.07, 6.45) is 4.68. The number of allylic oxidation sites excluding steroid dienone is 1. The molecule has 4 aromatic rings. The lowest BCUT2D eigenvalue weighted by molar-refractivity contribution is -0.136. The summed E-state index contributed by atoms with van der Waals surface area (Å²) in [5, 5.41) is 7.34. The summed E-state index contributed by atoms with van der Waals surface area (Å²) in [7, 11) is 2.89. The zero-order valence-corrected chi connectivity index (χ0v) is 24.4. The van der Waals surface area contributed by atoms with Crippen molar-refractivity contribution in [3.8, 4) is 17.3 Å². The molecule has 1 unspecified atom stereocenters. The molecule has 1 aliphatic carbocycles. The van der Waals surface area contributed by atoms with Crippen molar-refractivity contribution in [2.75, 3.05) is 14.2 Å². The number of halogens is 2. The van der Waals surface area contributed by atoms with Gasteiger partial charge in [-0.2, -0.15) is 5.10 Å². The molecule has 0 radical (unpaired) electrons. The molecule has 0 saturated heterocycles. The van der Waals surface area contributed by atoms with E-state index >= 15 is 0 Å². The van der Waals surface area contributed by atoms with Crippen molar-refractivity contribution < 1.29 is 32.6 Å². The monoisotopic (exact) mass is 602 g/mol. The number of methoxy groups -OCH3 is 2. The van der Waals surface area contributed by atoms with Crippen molar-refractivity contribution in [1.29, 1.82) is 0 Å². The number of nitrogens with one attached hydrogen (secondary N) is 1. The van der Waals surface area contributed by atoms with E-state index in [1.54, 1.807) is 42.4 Å². The number of carbonyl (C=O) groups is 2. The highest BCUT2D eigenvalue weighted by atomic mass is 19.2. The van der Waals surface area contributed by atoms with Crippen molar-refractivity contribution in [2.24, 2.45) is 0 Å². The molecule has 2 aromatic heterocycles. The molecule has 1 atom stereocenters. The third-order valence-electron chi connectivity index (χ3n) is 7.47. The average Bonchev–Trinajstić information content (AvgIpc) is 3.53. The van der Waals surface area contributed by atoms with Gasteiger partial charge in [-0.1, -0.05) is 24.3 Å². The second-order valence-electron chi connectivity index (χ2n) is 10.3. The minimum atomic E-state index is -0.931. The number of nitrogens with zero attached hydrogens (tertiary/aromatic N) is 3. The quantitative estimate of drug-likeness (QED) is 0.224. The Bertz CT molecular complexity index is 1650. The average molecular weight is 603 g/mol. The lowest BCUT2D eigenvalue weighted by atomic mass is 9.82. The maximum absolute atomic E-state index is 14.5. The zero-order valence-electron chi connectivity index (χ0n) is 24.4. The Morgan fingerprint density at radius 1 is 1.02 bits per heavy atom. The van der Waals surface area contributed by atoms with Gasteiger partial charge in [0, 0.05) is 24.7 Å². The highest BCUT2D eigenvalue weighted by Gasteiger charge is 2.29. The third kappa shape index (κ3) is 7.28. The van der Waals surface area contributed by atoms with Crippen LogP contribution in [0.3, 0.4) is 0 Å². The molecule has 228 valence electrons. The Labute approximate surface area is 253 Å². The van der Waals surface area contributed by atoms with Crippen molar-refractivity contribution in [3.05, 3.63) is 113 Å². The van der Waals surface area contributed by atoms with Gasteiger partial charge in [-0.3, -0.25) is 4.79 Å². The van der Waals surface area contributed by atoms with Gasteiger partial charge < -0.3 is 19.5 Å². The maximum atomic E-state index is 14.5. The molecule has 44 heavy (non-hydrogen) atoms. The largest absolute Gasteiger partial charge is 0.497 e. The van der Waals surface area contributed by atoms with E-state index in [0.717, 1.165) is 17.4 Å². The Hall–Kier alpha value is -5.06. The number of rotatable bonds is 11. The van der Waals surface area contributed by atoms with Crippen LogP contribution in [0, 0.1) is 11.6 Å². The molecule has 2 aromatic carbocycles. The van der Waals surface area contributed by atoms with Gasteiger partial charge in [0.1, 0.15) is 18.1 Å². The van der Waals surface area contributed by atoms with Crippen LogP contribution in [-0.2, 0) is 27.4 Å². The van der Waals surface area contributed by atoms with E-state index in [0.29, 0.717) is 48.0 Å². The molecule has 0 spiro atoms. The Kier molecular flexibility index (Phi) is 9.63. The second kappa shape index (κ2) is 13.9. The number of esters is 1. The minimum Gasteiger partial charge on any atom is -0.497 e. The number of hydrogen-bond donors (Lipinski definition) is 1. The van der Waals surface area contributed by atoms with Gasteiger partial charge in [0.15, 0.2) is 17.5 Å². The summed E-state index contributed by atoms with van der Waals surface area (Å²) >= 11 is 0. The summed E-state index contributed by atoms with van der Waals surface area (Å²) in [5.74, 6) is -1.14. The first kappa shape index (κ1) is 30.4. The fourth-order valence-electron chi connectivity index (χ4n) is 5.09.